The Labute approximate surface area is 144 Å². The van der Waals surface area contributed by atoms with Crippen molar-refractivity contribution in [3.8, 4) is 0 Å². The molecule has 24 heavy (non-hydrogen) atoms. The number of hydrogen-bond donors (Lipinski definition) is 1. The topological polar surface area (TPSA) is 53.0 Å². The molecule has 1 N–H and O–H groups in total. The lowest BCUT2D eigenvalue weighted by Gasteiger charge is -2.33. The highest BCUT2D eigenvalue weighted by atomic mass is 16.5. The summed E-state index contributed by atoms with van der Waals surface area (Å²) in [4.78, 5) is 16.6. The van der Waals surface area contributed by atoms with Gasteiger partial charge in [0.25, 0.3) is 0 Å². The summed E-state index contributed by atoms with van der Waals surface area (Å²) < 4.78 is 5.25. The van der Waals surface area contributed by atoms with Gasteiger partial charge in [0.1, 0.15) is 0 Å². The van der Waals surface area contributed by atoms with Gasteiger partial charge in [0.2, 0.25) is 5.91 Å². The van der Waals surface area contributed by atoms with Gasteiger partial charge in [-0.3, -0.25) is 9.69 Å². The lowest BCUT2D eigenvalue weighted by Crippen LogP contribution is -2.45. The van der Waals surface area contributed by atoms with Gasteiger partial charge in [-0.1, -0.05) is 30.3 Å². The largest absolute Gasteiger partial charge is 0.388 e. The van der Waals surface area contributed by atoms with Crippen LogP contribution in [-0.4, -0.2) is 66.3 Å². The number of benzene rings is 1. The third-order valence-corrected chi connectivity index (χ3v) is 5.33. The van der Waals surface area contributed by atoms with Gasteiger partial charge in [0, 0.05) is 20.0 Å². The molecule has 1 aromatic carbocycles. The molecule has 2 aliphatic rings. The average molecular weight is 332 g/mol. The van der Waals surface area contributed by atoms with Gasteiger partial charge in [-0.25, -0.2) is 0 Å². The van der Waals surface area contributed by atoms with Crippen molar-refractivity contribution in [1.29, 1.82) is 0 Å². The second-order valence-corrected chi connectivity index (χ2v) is 7.09. The van der Waals surface area contributed by atoms with Crippen LogP contribution in [0.5, 0.6) is 0 Å². The van der Waals surface area contributed by atoms with E-state index in [0.717, 1.165) is 32.5 Å². The molecule has 0 saturated carbocycles. The Morgan fingerprint density at radius 3 is 2.58 bits per heavy atom. The number of hydrogen-bond acceptors (Lipinski definition) is 4. The van der Waals surface area contributed by atoms with Crippen molar-refractivity contribution >= 4 is 5.91 Å². The lowest BCUT2D eigenvalue weighted by atomic mass is 9.92. The molecule has 3 rings (SSSR count). The summed E-state index contributed by atoms with van der Waals surface area (Å²) in [5, 5.41) is 9.86. The molecular formula is C19H28N2O3. The van der Waals surface area contributed by atoms with Crippen LogP contribution < -0.4 is 0 Å². The highest BCUT2D eigenvalue weighted by Gasteiger charge is 2.33. The maximum absolute atomic E-state index is 12.5. The van der Waals surface area contributed by atoms with Crippen LogP contribution in [0.3, 0.4) is 0 Å². The number of ether oxygens (including phenoxy) is 1. The van der Waals surface area contributed by atoms with E-state index in [4.69, 9.17) is 4.74 Å². The van der Waals surface area contributed by atoms with Crippen LogP contribution >= 0.6 is 0 Å². The first kappa shape index (κ1) is 17.4. The molecule has 5 nitrogen and oxygen atoms in total. The molecule has 2 fully saturated rings. The molecule has 2 aliphatic heterocycles. The minimum atomic E-state index is -0.549. The standard InChI is InChI=1S/C19H28N2O3/c1-20(17-13-24-14-18(17)22)19(23)11-15-7-9-21(10-8-15)12-16-5-3-2-4-6-16/h2-6,15,17-18,22H,7-14H2,1H3/t17-,18-/m0/s1. The molecule has 0 aliphatic carbocycles. The predicted octanol–water partition coefficient (Wildman–Crippen LogP) is 1.51. The minimum Gasteiger partial charge on any atom is -0.388 e. The minimum absolute atomic E-state index is 0.131. The maximum atomic E-state index is 12.5. The Balaban J connectivity index is 1.42. The molecule has 0 bridgehead atoms. The number of likely N-dealkylation sites (N-methyl/N-ethyl adjacent to an activating group) is 1. The molecule has 0 spiro atoms. The molecule has 0 unspecified atom stereocenters. The number of carbonyl (C=O) groups excluding carboxylic acids is 1. The van der Waals surface area contributed by atoms with Gasteiger partial charge in [0.15, 0.2) is 0 Å². The Hall–Kier alpha value is -1.43. The smallest absolute Gasteiger partial charge is 0.223 e. The zero-order valence-corrected chi connectivity index (χ0v) is 14.4. The van der Waals surface area contributed by atoms with Crippen LogP contribution in [0.15, 0.2) is 30.3 Å². The van der Waals surface area contributed by atoms with E-state index in [1.165, 1.54) is 5.56 Å². The number of aliphatic hydroxyl groups excluding tert-OH is 1. The van der Waals surface area contributed by atoms with E-state index in [1.54, 1.807) is 11.9 Å². The summed E-state index contributed by atoms with van der Waals surface area (Å²) in [5.74, 6) is 0.581. The maximum Gasteiger partial charge on any atom is 0.223 e. The van der Waals surface area contributed by atoms with Gasteiger partial charge in [-0.05, 0) is 37.4 Å². The number of nitrogens with zero attached hydrogens (tertiary/aromatic N) is 2. The van der Waals surface area contributed by atoms with E-state index in [2.05, 4.69) is 29.2 Å². The first-order valence-electron chi connectivity index (χ1n) is 8.91. The Kier molecular flexibility index (Phi) is 5.87. The van der Waals surface area contributed by atoms with Gasteiger partial charge >= 0.3 is 0 Å². The number of piperidine rings is 1. The summed E-state index contributed by atoms with van der Waals surface area (Å²) in [6.45, 7) is 3.86. The predicted molar refractivity (Wildman–Crippen MR) is 92.4 cm³/mol. The summed E-state index contributed by atoms with van der Waals surface area (Å²) in [6, 6.07) is 10.4. The van der Waals surface area contributed by atoms with Crippen molar-refractivity contribution in [3.05, 3.63) is 35.9 Å². The Bertz CT molecular complexity index is 529. The lowest BCUT2D eigenvalue weighted by molar-refractivity contribution is -0.134. The fraction of sp³-hybridized carbons (Fsp3) is 0.632. The molecule has 132 valence electrons. The molecule has 5 heteroatoms. The second-order valence-electron chi connectivity index (χ2n) is 7.09. The monoisotopic (exact) mass is 332 g/mol. The molecule has 2 saturated heterocycles. The highest BCUT2D eigenvalue weighted by Crippen LogP contribution is 2.23. The number of amides is 1. The number of rotatable bonds is 5. The van der Waals surface area contributed by atoms with Crippen molar-refractivity contribution in [2.75, 3.05) is 33.4 Å². The molecule has 0 radical (unpaired) electrons. The van der Waals surface area contributed by atoms with Gasteiger partial charge in [0.05, 0.1) is 25.4 Å². The zero-order valence-electron chi connectivity index (χ0n) is 14.4. The van der Waals surface area contributed by atoms with Crippen molar-refractivity contribution in [1.82, 2.24) is 9.80 Å². The van der Waals surface area contributed by atoms with Crippen molar-refractivity contribution in [2.24, 2.45) is 5.92 Å². The van der Waals surface area contributed by atoms with E-state index >= 15 is 0 Å². The second kappa shape index (κ2) is 8.10. The van der Waals surface area contributed by atoms with Crippen LogP contribution in [0.4, 0.5) is 0 Å². The van der Waals surface area contributed by atoms with E-state index in [0.29, 0.717) is 25.6 Å². The third kappa shape index (κ3) is 4.35. The van der Waals surface area contributed by atoms with Crippen molar-refractivity contribution in [2.45, 2.75) is 38.0 Å². The van der Waals surface area contributed by atoms with Crippen LogP contribution in [0, 0.1) is 5.92 Å². The third-order valence-electron chi connectivity index (χ3n) is 5.33. The highest BCUT2D eigenvalue weighted by molar-refractivity contribution is 5.76. The number of aliphatic hydroxyl groups is 1. The van der Waals surface area contributed by atoms with Gasteiger partial charge < -0.3 is 14.7 Å². The van der Waals surface area contributed by atoms with Gasteiger partial charge in [-0.15, -0.1) is 0 Å². The summed E-state index contributed by atoms with van der Waals surface area (Å²) >= 11 is 0. The van der Waals surface area contributed by atoms with Crippen LogP contribution in [0.1, 0.15) is 24.8 Å². The summed E-state index contributed by atoms with van der Waals surface area (Å²) in [5.41, 5.74) is 1.35. The Morgan fingerprint density at radius 2 is 1.96 bits per heavy atom. The fourth-order valence-corrected chi connectivity index (χ4v) is 3.67. The van der Waals surface area contributed by atoms with Crippen molar-refractivity contribution in [3.63, 3.8) is 0 Å². The van der Waals surface area contributed by atoms with E-state index in [-0.39, 0.29) is 11.9 Å². The van der Waals surface area contributed by atoms with E-state index < -0.39 is 6.10 Å². The van der Waals surface area contributed by atoms with Crippen LogP contribution in [0.2, 0.25) is 0 Å². The summed E-state index contributed by atoms with van der Waals surface area (Å²) in [7, 11) is 1.79. The molecule has 1 aromatic rings. The molecule has 2 heterocycles. The number of carbonyl (C=O) groups is 1. The SMILES string of the molecule is CN(C(=O)CC1CCN(Cc2ccccc2)CC1)[C@H]1COC[C@@H]1O. The molecule has 1 amide bonds. The van der Waals surface area contributed by atoms with Crippen molar-refractivity contribution < 1.29 is 14.6 Å². The number of likely N-dealkylation sites (tertiary alicyclic amines) is 1. The quantitative estimate of drug-likeness (QED) is 0.888. The molecule has 0 aromatic heterocycles. The first-order valence-corrected chi connectivity index (χ1v) is 8.91. The first-order chi connectivity index (χ1) is 11.6. The van der Waals surface area contributed by atoms with Gasteiger partial charge in [-0.2, -0.15) is 0 Å². The summed E-state index contributed by atoms with van der Waals surface area (Å²) in [6.07, 6.45) is 2.16. The normalized spacial score (nSPS) is 25.8. The van der Waals surface area contributed by atoms with Crippen LogP contribution in [0.25, 0.3) is 0 Å². The van der Waals surface area contributed by atoms with E-state index in [9.17, 15) is 9.90 Å². The average Bonchev–Trinajstić information content (AvgIpc) is 3.03. The Morgan fingerprint density at radius 1 is 1.25 bits per heavy atom. The molecular weight excluding hydrogens is 304 g/mol. The fourth-order valence-electron chi connectivity index (χ4n) is 3.67. The van der Waals surface area contributed by atoms with E-state index in [1.807, 2.05) is 6.07 Å². The molecule has 2 atom stereocenters. The zero-order chi connectivity index (χ0) is 16.9. The van der Waals surface area contributed by atoms with Crippen LogP contribution in [-0.2, 0) is 16.1 Å².